The average Bonchev–Trinajstić information content (AvgIpc) is 3.78. The monoisotopic (exact) mass is 579 g/mol. The van der Waals surface area contributed by atoms with Crippen LogP contribution in [0.3, 0.4) is 0 Å². The Morgan fingerprint density at radius 2 is 0.976 bits per heavy atom. The number of aldehydes is 3. The lowest BCUT2D eigenvalue weighted by molar-refractivity contribution is -0.119. The van der Waals surface area contributed by atoms with Crippen molar-refractivity contribution in [3.63, 3.8) is 0 Å². The Kier molecular flexibility index (Phi) is 19.8. The van der Waals surface area contributed by atoms with E-state index in [0.29, 0.717) is 5.41 Å². The Hall–Kier alpha value is -1.85. The molecule has 0 radical (unpaired) electrons. The molecular weight excluding hydrogens is 522 g/mol. The molecule has 5 rings (SSSR count). The van der Waals surface area contributed by atoms with Gasteiger partial charge in [-0.3, -0.25) is 9.59 Å². The number of ketones is 2. The van der Waals surface area contributed by atoms with Crippen LogP contribution in [0.25, 0.3) is 0 Å². The van der Waals surface area contributed by atoms with Gasteiger partial charge in [-0.1, -0.05) is 26.7 Å². The smallest absolute Gasteiger partial charge is 0.146 e. The second-order valence-corrected chi connectivity index (χ2v) is 12.4. The Balaban J connectivity index is 0.000000257. The van der Waals surface area contributed by atoms with E-state index in [4.69, 9.17) is 0 Å². The third-order valence-corrected chi connectivity index (χ3v) is 7.91. The van der Waals surface area contributed by atoms with E-state index in [2.05, 4.69) is 40.4 Å². The van der Waals surface area contributed by atoms with Gasteiger partial charge >= 0.3 is 0 Å². The zero-order chi connectivity index (χ0) is 30.5. The largest absolute Gasteiger partial charge is 0.308 e. The Morgan fingerprint density at radius 1 is 0.561 bits per heavy atom. The van der Waals surface area contributed by atoms with Gasteiger partial charge in [-0.15, -0.1) is 0 Å². The highest BCUT2D eigenvalue weighted by atomic mass is 16.1. The molecule has 5 heterocycles. The summed E-state index contributed by atoms with van der Waals surface area (Å²) in [5.41, 5.74) is 0.325. The van der Waals surface area contributed by atoms with Crippen molar-refractivity contribution in [1.29, 1.82) is 0 Å². The molecule has 5 saturated heterocycles. The fourth-order valence-electron chi connectivity index (χ4n) is 5.30. The van der Waals surface area contributed by atoms with E-state index in [-0.39, 0.29) is 41.8 Å². The Bertz CT molecular complexity index is 754. The normalized spacial score (nSPS) is 29.8. The van der Waals surface area contributed by atoms with Crippen molar-refractivity contribution in [2.75, 3.05) is 32.7 Å². The number of hydrogen-bond donors (Lipinski definition) is 5. The molecule has 236 valence electrons. The fraction of sp³-hybridized carbons (Fsp3) is 0.839. The number of Topliss-reactive ketones (excluding diaryl/α,β-unsaturated/α-hetero) is 2. The van der Waals surface area contributed by atoms with Crippen molar-refractivity contribution in [3.8, 4) is 0 Å². The summed E-state index contributed by atoms with van der Waals surface area (Å²) in [4.78, 5) is 51.6. The lowest BCUT2D eigenvalue weighted by Crippen LogP contribution is -2.38. The zero-order valence-electron chi connectivity index (χ0n) is 26.0. The predicted octanol–water partition coefficient (Wildman–Crippen LogP) is 1.88. The van der Waals surface area contributed by atoms with Crippen LogP contribution in [0, 0.1) is 5.41 Å². The van der Waals surface area contributed by atoms with Gasteiger partial charge in [0.05, 0.1) is 30.2 Å². The fourth-order valence-corrected chi connectivity index (χ4v) is 5.30. The van der Waals surface area contributed by atoms with Crippen molar-refractivity contribution >= 4 is 30.4 Å². The number of nitrogens with one attached hydrogen (secondary N) is 5. The third kappa shape index (κ3) is 17.6. The molecule has 5 unspecified atom stereocenters. The van der Waals surface area contributed by atoms with Crippen molar-refractivity contribution < 1.29 is 24.0 Å². The van der Waals surface area contributed by atoms with Crippen molar-refractivity contribution in [2.24, 2.45) is 5.41 Å². The molecule has 0 aromatic rings. The Labute approximate surface area is 247 Å². The first-order valence-corrected chi connectivity index (χ1v) is 15.7. The first kappa shape index (κ1) is 37.2. The van der Waals surface area contributed by atoms with E-state index in [9.17, 15) is 24.0 Å². The highest BCUT2D eigenvalue weighted by Crippen LogP contribution is 2.25. The number of piperidine rings is 2. The van der Waals surface area contributed by atoms with Gasteiger partial charge in [-0.2, -0.15) is 0 Å². The third-order valence-electron chi connectivity index (χ3n) is 7.91. The minimum atomic E-state index is 0.111. The standard InChI is InChI=1S/2C7H13NO.2C6H11NO.C5H9NO/c1-7(2)3-6(4-9)8-5-7;1-6(9)7-4-2-3-5-8-7;1-5(8)6-3-2-4-7-6;8-5-6-3-1-2-4-7-6;7-4-5-2-1-3-6-5/h4,6,8H,3,5H2,1-2H3;7-8H,2-5H2,1H3;6-7H,2-4H2,1H3;5-7H,1-4H2;4-6H,1-3H2. The van der Waals surface area contributed by atoms with Crippen LogP contribution in [0.1, 0.15) is 98.3 Å². The van der Waals surface area contributed by atoms with Gasteiger partial charge in [0.15, 0.2) is 0 Å². The minimum absolute atomic E-state index is 0.111. The van der Waals surface area contributed by atoms with Crippen LogP contribution in [-0.4, -0.2) is 93.4 Å². The van der Waals surface area contributed by atoms with Crippen LogP contribution in [0.15, 0.2) is 0 Å². The van der Waals surface area contributed by atoms with Crippen LogP contribution in [-0.2, 0) is 24.0 Å². The van der Waals surface area contributed by atoms with Crippen molar-refractivity contribution in [2.45, 2.75) is 129 Å². The lowest BCUT2D eigenvalue weighted by Gasteiger charge is -2.20. The van der Waals surface area contributed by atoms with Crippen LogP contribution < -0.4 is 26.6 Å². The summed E-state index contributed by atoms with van der Waals surface area (Å²) >= 11 is 0. The van der Waals surface area contributed by atoms with Crippen LogP contribution >= 0.6 is 0 Å². The summed E-state index contributed by atoms with van der Waals surface area (Å²) in [7, 11) is 0. The molecule has 10 heteroatoms. The lowest BCUT2D eigenvalue weighted by atomic mass is 9.91. The molecule has 0 bridgehead atoms. The summed E-state index contributed by atoms with van der Waals surface area (Å²) in [6, 6.07) is 0.775. The van der Waals surface area contributed by atoms with Gasteiger partial charge < -0.3 is 41.0 Å². The number of rotatable bonds is 5. The van der Waals surface area contributed by atoms with Gasteiger partial charge in [-0.05, 0) is 103 Å². The molecule has 5 atom stereocenters. The van der Waals surface area contributed by atoms with E-state index >= 15 is 0 Å². The van der Waals surface area contributed by atoms with Crippen LogP contribution in [0.2, 0.25) is 0 Å². The molecule has 0 saturated carbocycles. The second kappa shape index (κ2) is 21.8. The molecule has 10 nitrogen and oxygen atoms in total. The van der Waals surface area contributed by atoms with Crippen LogP contribution in [0.4, 0.5) is 0 Å². The Morgan fingerprint density at radius 3 is 1.24 bits per heavy atom. The zero-order valence-corrected chi connectivity index (χ0v) is 26.0. The molecule has 5 aliphatic rings. The van der Waals surface area contributed by atoms with E-state index in [0.717, 1.165) is 96.5 Å². The molecule has 5 N–H and O–H groups in total. The highest BCUT2D eigenvalue weighted by Gasteiger charge is 2.29. The van der Waals surface area contributed by atoms with Gasteiger partial charge in [-0.25, -0.2) is 0 Å². The molecular formula is C31H57N5O5. The van der Waals surface area contributed by atoms with Gasteiger partial charge in [0.2, 0.25) is 0 Å². The van der Waals surface area contributed by atoms with Gasteiger partial charge in [0, 0.05) is 6.54 Å². The first-order chi connectivity index (χ1) is 19.6. The number of hydrogen-bond acceptors (Lipinski definition) is 10. The van der Waals surface area contributed by atoms with Crippen molar-refractivity contribution in [3.05, 3.63) is 0 Å². The average molecular weight is 580 g/mol. The summed E-state index contributed by atoms with van der Waals surface area (Å²) < 4.78 is 0. The summed E-state index contributed by atoms with van der Waals surface area (Å²) in [5, 5.41) is 15.5. The van der Waals surface area contributed by atoms with E-state index < -0.39 is 0 Å². The maximum Gasteiger partial charge on any atom is 0.146 e. The second-order valence-electron chi connectivity index (χ2n) is 12.4. The van der Waals surface area contributed by atoms with E-state index in [1.807, 2.05) is 0 Å². The SMILES string of the molecule is CC(=O)C1CCCCN1.CC(=O)C1CCCN1.CC1(C)CNC(C=O)C1.O=CC1CCCCN1.O=CC1CCCN1. The first-order valence-electron chi connectivity index (χ1n) is 15.7. The van der Waals surface area contributed by atoms with Gasteiger partial charge in [0.25, 0.3) is 0 Å². The van der Waals surface area contributed by atoms with Crippen LogP contribution in [0.5, 0.6) is 0 Å². The highest BCUT2D eigenvalue weighted by molar-refractivity contribution is 5.81. The molecule has 0 aromatic carbocycles. The summed E-state index contributed by atoms with van der Waals surface area (Å²) in [6.45, 7) is 12.7. The number of carbonyl (C=O) groups excluding carboxylic acids is 5. The van der Waals surface area contributed by atoms with E-state index in [1.165, 1.54) is 25.7 Å². The summed E-state index contributed by atoms with van der Waals surface area (Å²) in [5.74, 6) is 0.567. The predicted molar refractivity (Wildman–Crippen MR) is 163 cm³/mol. The molecule has 5 aliphatic heterocycles. The van der Waals surface area contributed by atoms with Crippen molar-refractivity contribution in [1.82, 2.24) is 26.6 Å². The minimum Gasteiger partial charge on any atom is -0.308 e. The maximum atomic E-state index is 10.7. The van der Waals surface area contributed by atoms with Gasteiger partial charge in [0.1, 0.15) is 30.4 Å². The summed E-state index contributed by atoms with van der Waals surface area (Å²) in [6.07, 6.45) is 15.3. The maximum absolute atomic E-state index is 10.7. The van der Waals surface area contributed by atoms with E-state index in [1.54, 1.807) is 13.8 Å². The molecule has 0 amide bonds. The molecule has 0 spiro atoms. The number of carbonyl (C=O) groups is 5. The topological polar surface area (TPSA) is 146 Å². The molecule has 0 aromatic heterocycles. The molecule has 0 aliphatic carbocycles. The molecule has 41 heavy (non-hydrogen) atoms. The quantitative estimate of drug-likeness (QED) is 0.306. The molecule has 5 fully saturated rings.